The Labute approximate surface area is 153 Å². The van der Waals surface area contributed by atoms with Crippen molar-refractivity contribution in [3.05, 3.63) is 41.9 Å². The van der Waals surface area contributed by atoms with Gasteiger partial charge in [-0.2, -0.15) is 0 Å². The first kappa shape index (κ1) is 21.6. The first-order valence-corrected chi connectivity index (χ1v) is 8.73. The molecule has 0 unspecified atom stereocenters. The fourth-order valence-corrected chi connectivity index (χ4v) is 2.43. The number of nitrogens with one attached hydrogen (secondary N) is 1. The smallest absolute Gasteiger partial charge is 0.358 e. The van der Waals surface area contributed by atoms with Gasteiger partial charge in [0.2, 0.25) is 5.88 Å². The topological polar surface area (TPSA) is 140 Å². The molecule has 0 bridgehead atoms. The van der Waals surface area contributed by atoms with Crippen LogP contribution in [0.25, 0.3) is 0 Å². The van der Waals surface area contributed by atoms with Crippen molar-refractivity contribution in [3.8, 4) is 5.75 Å². The quantitative estimate of drug-likeness (QED) is 0.153. The molecular weight excluding hydrogens is 338 g/mol. The number of aliphatic hydroxyl groups excluding tert-OH is 1. The zero-order valence-electron chi connectivity index (χ0n) is 14.9. The number of aliphatic carboxylic acids is 1. The van der Waals surface area contributed by atoms with Crippen LogP contribution in [-0.2, 0) is 9.53 Å². The standard InChI is InChI=1S/C9H17N3O3.C9H12O2/c10-8(7(12-11)9(13)14)15-6-4-2-1-3-5-6;10-7-4-8-11-9-5-2-1-3-6-9/h6,12H,1-5,10-11H2,(H,13,14);1-3,5-6,10H,4,7-8H2/b8-7+;. The van der Waals surface area contributed by atoms with E-state index in [1.807, 2.05) is 35.8 Å². The summed E-state index contributed by atoms with van der Waals surface area (Å²) in [6.07, 6.45) is 5.92. The molecule has 1 aromatic rings. The van der Waals surface area contributed by atoms with Crippen LogP contribution in [-0.4, -0.2) is 35.5 Å². The van der Waals surface area contributed by atoms with Crippen molar-refractivity contribution in [2.45, 2.75) is 44.6 Å². The van der Waals surface area contributed by atoms with Crippen molar-refractivity contribution in [3.63, 3.8) is 0 Å². The van der Waals surface area contributed by atoms with E-state index < -0.39 is 5.97 Å². The zero-order valence-corrected chi connectivity index (χ0v) is 14.9. The van der Waals surface area contributed by atoms with Gasteiger partial charge in [0.25, 0.3) is 0 Å². The highest BCUT2D eigenvalue weighted by molar-refractivity contribution is 5.86. The van der Waals surface area contributed by atoms with Gasteiger partial charge in [-0.05, 0) is 37.8 Å². The SMILES string of the molecule is NN/C(C(=O)O)=C(\N)OC1CCCCC1.OCCCOc1ccccc1. The van der Waals surface area contributed by atoms with Gasteiger partial charge >= 0.3 is 5.97 Å². The fraction of sp³-hybridized carbons (Fsp3) is 0.500. The third-order valence-electron chi connectivity index (χ3n) is 3.76. The second-order valence-corrected chi connectivity index (χ2v) is 5.81. The maximum Gasteiger partial charge on any atom is 0.358 e. The molecule has 0 saturated heterocycles. The minimum Gasteiger partial charge on any atom is -0.494 e. The first-order valence-electron chi connectivity index (χ1n) is 8.73. The molecule has 0 radical (unpaired) electrons. The van der Waals surface area contributed by atoms with E-state index >= 15 is 0 Å². The predicted molar refractivity (Wildman–Crippen MR) is 97.8 cm³/mol. The average Bonchev–Trinajstić information content (AvgIpc) is 2.64. The van der Waals surface area contributed by atoms with Crippen LogP contribution < -0.4 is 21.7 Å². The van der Waals surface area contributed by atoms with Gasteiger partial charge in [-0.3, -0.25) is 5.84 Å². The van der Waals surface area contributed by atoms with Crippen LogP contribution in [0.15, 0.2) is 41.9 Å². The summed E-state index contributed by atoms with van der Waals surface area (Å²) in [5.41, 5.74) is 7.22. The lowest BCUT2D eigenvalue weighted by molar-refractivity contribution is -0.133. The molecule has 1 aromatic carbocycles. The number of hydrazine groups is 1. The van der Waals surface area contributed by atoms with Crippen LogP contribution in [0.3, 0.4) is 0 Å². The number of nitrogens with two attached hydrogens (primary N) is 2. The number of benzene rings is 1. The molecule has 0 spiro atoms. The number of aliphatic hydroxyl groups is 1. The van der Waals surface area contributed by atoms with Crippen molar-refractivity contribution >= 4 is 5.97 Å². The molecule has 0 atom stereocenters. The zero-order chi connectivity index (χ0) is 19.2. The summed E-state index contributed by atoms with van der Waals surface area (Å²) in [5, 5.41) is 17.2. The lowest BCUT2D eigenvalue weighted by atomic mass is 9.98. The van der Waals surface area contributed by atoms with E-state index in [9.17, 15) is 4.79 Å². The maximum atomic E-state index is 10.7. The van der Waals surface area contributed by atoms with E-state index in [0.29, 0.717) is 13.0 Å². The van der Waals surface area contributed by atoms with Crippen LogP contribution in [0.2, 0.25) is 0 Å². The van der Waals surface area contributed by atoms with E-state index in [0.717, 1.165) is 31.4 Å². The van der Waals surface area contributed by atoms with Gasteiger partial charge in [-0.15, -0.1) is 0 Å². The van der Waals surface area contributed by atoms with Crippen molar-refractivity contribution in [1.82, 2.24) is 5.43 Å². The summed E-state index contributed by atoms with van der Waals surface area (Å²) in [6.45, 7) is 0.771. The van der Waals surface area contributed by atoms with Crippen molar-refractivity contribution in [1.29, 1.82) is 0 Å². The van der Waals surface area contributed by atoms with Gasteiger partial charge in [-0.1, -0.05) is 24.6 Å². The fourth-order valence-electron chi connectivity index (χ4n) is 2.43. The number of carboxylic acid groups (broad SMARTS) is 1. The summed E-state index contributed by atoms with van der Waals surface area (Å²) in [4.78, 5) is 10.7. The maximum absolute atomic E-state index is 10.7. The molecule has 8 nitrogen and oxygen atoms in total. The van der Waals surface area contributed by atoms with Gasteiger partial charge in [0.05, 0.1) is 6.61 Å². The molecule has 0 aliphatic heterocycles. The molecule has 8 heteroatoms. The van der Waals surface area contributed by atoms with E-state index in [-0.39, 0.29) is 24.3 Å². The van der Waals surface area contributed by atoms with Gasteiger partial charge in [0, 0.05) is 13.0 Å². The Hall–Kier alpha value is -2.45. The van der Waals surface area contributed by atoms with Crippen LogP contribution in [0.5, 0.6) is 5.75 Å². The molecule has 1 saturated carbocycles. The normalized spacial score (nSPS) is 15.2. The second kappa shape index (κ2) is 12.8. The molecule has 7 N–H and O–H groups in total. The third-order valence-corrected chi connectivity index (χ3v) is 3.76. The Morgan fingerprint density at radius 3 is 2.38 bits per heavy atom. The summed E-state index contributed by atoms with van der Waals surface area (Å²) in [5.74, 6) is 4.53. The Morgan fingerprint density at radius 1 is 1.19 bits per heavy atom. The number of hydrogen-bond acceptors (Lipinski definition) is 7. The monoisotopic (exact) mass is 367 g/mol. The van der Waals surface area contributed by atoms with E-state index in [2.05, 4.69) is 0 Å². The van der Waals surface area contributed by atoms with Crippen LogP contribution in [0.1, 0.15) is 38.5 Å². The predicted octanol–water partition coefficient (Wildman–Crippen LogP) is 1.46. The van der Waals surface area contributed by atoms with E-state index in [1.54, 1.807) is 0 Å². The summed E-state index contributed by atoms with van der Waals surface area (Å²) in [6, 6.07) is 9.59. The number of rotatable bonds is 8. The molecule has 1 aliphatic carbocycles. The molecule has 2 rings (SSSR count). The highest BCUT2D eigenvalue weighted by Gasteiger charge is 2.19. The Bertz CT molecular complexity index is 545. The second-order valence-electron chi connectivity index (χ2n) is 5.81. The van der Waals surface area contributed by atoms with Crippen molar-refractivity contribution < 1.29 is 24.5 Å². The van der Waals surface area contributed by atoms with E-state index in [1.165, 1.54) is 6.42 Å². The Balaban J connectivity index is 0.000000273. The molecule has 1 fully saturated rings. The van der Waals surface area contributed by atoms with E-state index in [4.69, 9.17) is 31.3 Å². The van der Waals surface area contributed by atoms with Gasteiger partial charge < -0.3 is 30.8 Å². The van der Waals surface area contributed by atoms with Crippen molar-refractivity contribution in [2.75, 3.05) is 13.2 Å². The molecule has 26 heavy (non-hydrogen) atoms. The number of para-hydroxylation sites is 1. The number of hydrogen-bond donors (Lipinski definition) is 5. The molecule has 0 heterocycles. The minimum atomic E-state index is -1.22. The molecular formula is C18H29N3O5. The number of ether oxygens (including phenoxy) is 2. The van der Waals surface area contributed by atoms with Crippen molar-refractivity contribution in [2.24, 2.45) is 11.6 Å². The Morgan fingerprint density at radius 2 is 1.85 bits per heavy atom. The molecule has 0 amide bonds. The summed E-state index contributed by atoms with van der Waals surface area (Å²) >= 11 is 0. The Kier molecular flexibility index (Phi) is 10.7. The van der Waals surface area contributed by atoms with Gasteiger partial charge in [0.15, 0.2) is 5.70 Å². The van der Waals surface area contributed by atoms with Crippen LogP contribution in [0.4, 0.5) is 0 Å². The lowest BCUT2D eigenvalue weighted by Crippen LogP contribution is -2.32. The van der Waals surface area contributed by atoms with Crippen LogP contribution >= 0.6 is 0 Å². The van der Waals surface area contributed by atoms with Gasteiger partial charge in [-0.25, -0.2) is 4.79 Å². The molecule has 0 aromatic heterocycles. The summed E-state index contributed by atoms with van der Waals surface area (Å²) in [7, 11) is 0. The average molecular weight is 367 g/mol. The molecule has 146 valence electrons. The summed E-state index contributed by atoms with van der Waals surface area (Å²) < 4.78 is 10.6. The minimum absolute atomic E-state index is 0.0152. The number of carboxylic acids is 1. The van der Waals surface area contributed by atoms with Crippen LogP contribution in [0, 0.1) is 0 Å². The highest BCUT2D eigenvalue weighted by atomic mass is 16.5. The third kappa shape index (κ3) is 8.59. The van der Waals surface area contributed by atoms with Gasteiger partial charge in [0.1, 0.15) is 11.9 Å². The first-order chi connectivity index (χ1) is 12.6. The number of carbonyl (C=O) groups is 1. The highest BCUT2D eigenvalue weighted by Crippen LogP contribution is 2.21. The molecule has 1 aliphatic rings. The lowest BCUT2D eigenvalue weighted by Gasteiger charge is -2.23. The largest absolute Gasteiger partial charge is 0.494 e.